The molecule has 0 fully saturated rings. The molecule has 0 atom stereocenters. The zero-order chi connectivity index (χ0) is 20.5. The fourth-order valence-electron chi connectivity index (χ4n) is 2.98. The largest absolute Gasteiger partial charge is 0.386 e. The van der Waals surface area contributed by atoms with Crippen LogP contribution in [0.3, 0.4) is 0 Å². The third-order valence-corrected chi connectivity index (χ3v) is 4.58. The number of nitrogens with zero attached hydrogens (tertiary/aromatic N) is 1. The summed E-state index contributed by atoms with van der Waals surface area (Å²) in [7, 11) is 0. The Morgan fingerprint density at radius 2 is 1.48 bits per heavy atom. The van der Waals surface area contributed by atoms with Gasteiger partial charge in [0.25, 0.3) is 5.91 Å². The van der Waals surface area contributed by atoms with Crippen LogP contribution in [0.1, 0.15) is 28.3 Å². The summed E-state index contributed by atoms with van der Waals surface area (Å²) in [5.74, 6) is -0.415. The third-order valence-electron chi connectivity index (χ3n) is 4.58. The lowest BCUT2D eigenvalue weighted by Crippen LogP contribution is -2.30. The zero-order valence-electron chi connectivity index (χ0n) is 16.3. The molecule has 29 heavy (non-hydrogen) atoms. The Morgan fingerprint density at radius 1 is 0.931 bits per heavy atom. The minimum atomic E-state index is -0.415. The van der Waals surface area contributed by atoms with Crippen molar-refractivity contribution in [2.24, 2.45) is 0 Å². The van der Waals surface area contributed by atoms with Gasteiger partial charge in [0.15, 0.2) is 0 Å². The summed E-state index contributed by atoms with van der Waals surface area (Å²) in [6.07, 6.45) is 1.47. The topological polar surface area (TPSA) is 64.9 Å². The van der Waals surface area contributed by atoms with Crippen LogP contribution in [0.15, 0.2) is 96.7 Å². The SMILES string of the molecule is Cc1ccc(CN/C=C(/C#N)C(=O)NC(c2ccccc2)c2ccccc2)cc1. The molecule has 1 amide bonds. The van der Waals surface area contributed by atoms with Gasteiger partial charge in [0.05, 0.1) is 6.04 Å². The highest BCUT2D eigenvalue weighted by atomic mass is 16.1. The van der Waals surface area contributed by atoms with Crippen molar-refractivity contribution in [1.82, 2.24) is 10.6 Å². The number of rotatable bonds is 7. The predicted octanol–water partition coefficient (Wildman–Crippen LogP) is 4.40. The van der Waals surface area contributed by atoms with Gasteiger partial charge in [-0.05, 0) is 23.6 Å². The first kappa shape index (κ1) is 19.9. The minimum absolute atomic E-state index is 0.0361. The quantitative estimate of drug-likeness (QED) is 0.471. The highest BCUT2D eigenvalue weighted by Crippen LogP contribution is 2.22. The first-order valence-electron chi connectivity index (χ1n) is 9.47. The molecule has 4 heteroatoms. The van der Waals surface area contributed by atoms with Crippen LogP contribution in [0, 0.1) is 18.3 Å². The maximum absolute atomic E-state index is 12.8. The Kier molecular flexibility index (Phi) is 6.80. The van der Waals surface area contributed by atoms with Gasteiger partial charge in [-0.25, -0.2) is 0 Å². The van der Waals surface area contributed by atoms with Gasteiger partial charge < -0.3 is 10.6 Å². The van der Waals surface area contributed by atoms with Gasteiger partial charge in [-0.1, -0.05) is 90.5 Å². The lowest BCUT2D eigenvalue weighted by atomic mass is 9.98. The Labute approximate surface area is 171 Å². The molecule has 0 aliphatic rings. The van der Waals surface area contributed by atoms with Gasteiger partial charge in [-0.15, -0.1) is 0 Å². The van der Waals surface area contributed by atoms with Crippen molar-refractivity contribution in [3.8, 4) is 6.07 Å². The molecule has 0 bridgehead atoms. The van der Waals surface area contributed by atoms with Gasteiger partial charge in [-0.2, -0.15) is 5.26 Å². The van der Waals surface area contributed by atoms with Crippen LogP contribution in [0.5, 0.6) is 0 Å². The minimum Gasteiger partial charge on any atom is -0.386 e. The van der Waals surface area contributed by atoms with Crippen LogP contribution in [0.25, 0.3) is 0 Å². The Morgan fingerprint density at radius 3 is 2.00 bits per heavy atom. The number of hydrogen-bond acceptors (Lipinski definition) is 3. The predicted molar refractivity (Wildman–Crippen MR) is 115 cm³/mol. The lowest BCUT2D eigenvalue weighted by Gasteiger charge is -2.19. The maximum atomic E-state index is 12.8. The molecule has 0 aliphatic carbocycles. The molecule has 0 unspecified atom stereocenters. The molecule has 3 rings (SSSR count). The van der Waals surface area contributed by atoms with Crippen LogP contribution in [-0.2, 0) is 11.3 Å². The number of nitriles is 1. The van der Waals surface area contributed by atoms with Crippen LogP contribution >= 0.6 is 0 Å². The summed E-state index contributed by atoms with van der Waals surface area (Å²) in [6, 6.07) is 29.2. The average molecular weight is 381 g/mol. The van der Waals surface area contributed by atoms with Crippen molar-refractivity contribution in [3.05, 3.63) is 119 Å². The highest BCUT2D eigenvalue weighted by Gasteiger charge is 2.19. The van der Waals surface area contributed by atoms with Crippen molar-refractivity contribution in [2.75, 3.05) is 0 Å². The first-order valence-corrected chi connectivity index (χ1v) is 9.47. The molecule has 3 aromatic carbocycles. The Hall–Kier alpha value is -3.84. The molecular formula is C25H23N3O. The molecule has 0 saturated carbocycles. The number of carbonyl (C=O) groups excluding carboxylic acids is 1. The van der Waals surface area contributed by atoms with E-state index in [2.05, 4.69) is 10.6 Å². The third kappa shape index (κ3) is 5.57. The van der Waals surface area contributed by atoms with E-state index < -0.39 is 5.91 Å². The fourth-order valence-corrected chi connectivity index (χ4v) is 2.98. The molecular weight excluding hydrogens is 358 g/mol. The second-order valence-corrected chi connectivity index (χ2v) is 6.76. The second-order valence-electron chi connectivity index (χ2n) is 6.76. The highest BCUT2D eigenvalue weighted by molar-refractivity contribution is 5.97. The molecule has 144 valence electrons. The number of aryl methyl sites for hydroxylation is 1. The Bertz CT molecular complexity index is 964. The summed E-state index contributed by atoms with van der Waals surface area (Å²) in [5.41, 5.74) is 4.22. The van der Waals surface area contributed by atoms with Crippen molar-refractivity contribution in [1.29, 1.82) is 5.26 Å². The van der Waals surface area contributed by atoms with Gasteiger partial charge in [0, 0.05) is 12.7 Å². The summed E-state index contributed by atoms with van der Waals surface area (Å²) < 4.78 is 0. The number of nitrogens with one attached hydrogen (secondary N) is 2. The number of amides is 1. The number of carbonyl (C=O) groups is 1. The van der Waals surface area contributed by atoms with Crippen molar-refractivity contribution in [3.63, 3.8) is 0 Å². The maximum Gasteiger partial charge on any atom is 0.264 e. The summed E-state index contributed by atoms with van der Waals surface area (Å²) >= 11 is 0. The molecule has 0 saturated heterocycles. The number of hydrogen-bond donors (Lipinski definition) is 2. The van der Waals surface area contributed by atoms with E-state index in [1.807, 2.05) is 97.9 Å². The molecule has 0 aromatic heterocycles. The van der Waals surface area contributed by atoms with Crippen molar-refractivity contribution >= 4 is 5.91 Å². The second kappa shape index (κ2) is 9.91. The normalized spacial score (nSPS) is 11.0. The van der Waals surface area contributed by atoms with E-state index in [1.165, 1.54) is 11.8 Å². The van der Waals surface area contributed by atoms with Crippen molar-refractivity contribution < 1.29 is 4.79 Å². The van der Waals surface area contributed by atoms with Crippen LogP contribution < -0.4 is 10.6 Å². The monoisotopic (exact) mass is 381 g/mol. The molecule has 0 radical (unpaired) electrons. The standard InChI is InChI=1S/C25H23N3O/c1-19-12-14-20(15-13-19)17-27-18-23(16-26)25(29)28-24(21-8-4-2-5-9-21)22-10-6-3-7-11-22/h2-15,18,24,27H,17H2,1H3,(H,28,29)/b23-18-. The molecule has 2 N–H and O–H groups in total. The van der Waals surface area contributed by atoms with E-state index in [9.17, 15) is 10.1 Å². The van der Waals surface area contributed by atoms with E-state index in [4.69, 9.17) is 0 Å². The summed E-state index contributed by atoms with van der Waals surface area (Å²) in [5, 5.41) is 15.5. The fraction of sp³-hybridized carbons (Fsp3) is 0.120. The van der Waals surface area contributed by atoms with E-state index >= 15 is 0 Å². The molecule has 4 nitrogen and oxygen atoms in total. The Balaban J connectivity index is 1.73. The van der Waals surface area contributed by atoms with Crippen LogP contribution in [-0.4, -0.2) is 5.91 Å². The zero-order valence-corrected chi connectivity index (χ0v) is 16.3. The summed E-state index contributed by atoms with van der Waals surface area (Å²) in [4.78, 5) is 12.8. The molecule has 0 spiro atoms. The molecule has 0 aliphatic heterocycles. The van der Waals surface area contributed by atoms with Gasteiger partial charge in [0.1, 0.15) is 11.6 Å². The van der Waals surface area contributed by atoms with Crippen molar-refractivity contribution in [2.45, 2.75) is 19.5 Å². The van der Waals surface area contributed by atoms with Gasteiger partial charge in [-0.3, -0.25) is 4.79 Å². The van der Waals surface area contributed by atoms with Crippen LogP contribution in [0.2, 0.25) is 0 Å². The van der Waals surface area contributed by atoms with Crippen LogP contribution in [0.4, 0.5) is 0 Å². The average Bonchev–Trinajstić information content (AvgIpc) is 2.77. The smallest absolute Gasteiger partial charge is 0.264 e. The van der Waals surface area contributed by atoms with E-state index in [1.54, 1.807) is 0 Å². The van der Waals surface area contributed by atoms with E-state index in [0.717, 1.165) is 16.7 Å². The van der Waals surface area contributed by atoms with E-state index in [0.29, 0.717) is 6.54 Å². The molecule has 3 aromatic rings. The first-order chi connectivity index (χ1) is 14.2. The lowest BCUT2D eigenvalue weighted by molar-refractivity contribution is -0.117. The number of benzene rings is 3. The van der Waals surface area contributed by atoms with Gasteiger partial charge in [0.2, 0.25) is 0 Å². The summed E-state index contributed by atoms with van der Waals surface area (Å²) in [6.45, 7) is 2.57. The molecule has 0 heterocycles. The van der Waals surface area contributed by atoms with E-state index in [-0.39, 0.29) is 11.6 Å². The van der Waals surface area contributed by atoms with Gasteiger partial charge >= 0.3 is 0 Å².